The second-order valence-electron chi connectivity index (χ2n) is 8.42. The molecule has 37 heavy (non-hydrogen) atoms. The van der Waals surface area contributed by atoms with Gasteiger partial charge in [0.05, 0.1) is 17.5 Å². The Morgan fingerprint density at radius 1 is 1.16 bits per heavy atom. The van der Waals surface area contributed by atoms with E-state index < -0.39 is 6.17 Å². The minimum Gasteiger partial charge on any atom is -0.462 e. The zero-order chi connectivity index (χ0) is 25.9. The molecular weight excluding hydrogens is 556 g/mol. The Bertz CT molecular complexity index is 1500. The van der Waals surface area contributed by atoms with Crippen LogP contribution in [0.15, 0.2) is 73.6 Å². The van der Waals surface area contributed by atoms with Crippen molar-refractivity contribution in [1.29, 1.82) is 0 Å². The van der Waals surface area contributed by atoms with Crippen LogP contribution in [0.5, 0.6) is 0 Å². The number of esters is 1. The van der Waals surface area contributed by atoms with Gasteiger partial charge in [0.2, 0.25) is 6.17 Å². The predicted molar refractivity (Wildman–Crippen MR) is 146 cm³/mol. The molecule has 5 rings (SSSR count). The van der Waals surface area contributed by atoms with Crippen molar-refractivity contribution in [2.24, 2.45) is 10.1 Å². The van der Waals surface area contributed by atoms with E-state index in [1.54, 1.807) is 24.1 Å². The average molecular weight is 581 g/mol. The first-order chi connectivity index (χ1) is 18.0. The van der Waals surface area contributed by atoms with Gasteiger partial charge in [0.15, 0.2) is 10.9 Å². The summed E-state index contributed by atoms with van der Waals surface area (Å²) in [5.74, 6) is 1.43. The molecule has 1 N–H and O–H groups in total. The van der Waals surface area contributed by atoms with E-state index in [1.807, 2.05) is 42.5 Å². The highest BCUT2D eigenvalue weighted by Gasteiger charge is 2.36. The summed E-state index contributed by atoms with van der Waals surface area (Å²) < 4.78 is 12.1. The van der Waals surface area contributed by atoms with Gasteiger partial charge in [0.25, 0.3) is 5.91 Å². The lowest BCUT2D eigenvalue weighted by atomic mass is 10.1. The molecule has 3 heterocycles. The Morgan fingerprint density at radius 3 is 2.73 bits per heavy atom. The first-order valence-electron chi connectivity index (χ1n) is 12.1. The van der Waals surface area contributed by atoms with Gasteiger partial charge in [-0.3, -0.25) is 10.1 Å². The number of amides is 1. The van der Waals surface area contributed by atoms with Crippen molar-refractivity contribution in [3.05, 3.63) is 81.0 Å². The Kier molecular flexibility index (Phi) is 7.48. The van der Waals surface area contributed by atoms with E-state index in [1.165, 1.54) is 11.8 Å². The zero-order valence-corrected chi connectivity index (χ0v) is 22.8. The van der Waals surface area contributed by atoms with E-state index in [4.69, 9.17) is 19.2 Å². The lowest BCUT2D eigenvalue weighted by Crippen LogP contribution is -2.50. The van der Waals surface area contributed by atoms with Gasteiger partial charge in [-0.25, -0.2) is 14.8 Å². The van der Waals surface area contributed by atoms with E-state index in [0.29, 0.717) is 45.1 Å². The third-order valence-corrected chi connectivity index (χ3v) is 7.31. The van der Waals surface area contributed by atoms with Crippen LogP contribution in [0.2, 0.25) is 0 Å². The first kappa shape index (κ1) is 25.3. The molecule has 1 unspecified atom stereocenters. The van der Waals surface area contributed by atoms with Crippen LogP contribution in [-0.4, -0.2) is 34.4 Å². The van der Waals surface area contributed by atoms with Gasteiger partial charge in [-0.2, -0.15) is 0 Å². The molecule has 0 spiro atoms. The largest absolute Gasteiger partial charge is 0.462 e. The summed E-state index contributed by atoms with van der Waals surface area (Å²) >= 11 is 5.02. The van der Waals surface area contributed by atoms with Crippen molar-refractivity contribution in [3.8, 4) is 11.3 Å². The maximum absolute atomic E-state index is 13.3. The van der Waals surface area contributed by atoms with Crippen LogP contribution in [-0.2, 0) is 9.53 Å². The number of ether oxygens (including phenoxy) is 1. The summed E-state index contributed by atoms with van der Waals surface area (Å²) in [5.41, 5.74) is 1.70. The number of thioether (sulfide) groups is 1. The summed E-state index contributed by atoms with van der Waals surface area (Å²) in [7, 11) is 0. The Hall–Kier alpha value is -3.37. The van der Waals surface area contributed by atoms with Crippen LogP contribution in [0.3, 0.4) is 0 Å². The smallest absolute Gasteiger partial charge is 0.338 e. The second-order valence-corrected chi connectivity index (χ2v) is 10.4. The summed E-state index contributed by atoms with van der Waals surface area (Å²) in [6.45, 7) is 4.22. The molecule has 2 aliphatic heterocycles. The third-order valence-electron chi connectivity index (χ3n) is 5.87. The number of hydrogen-bond acceptors (Lipinski definition) is 8. The van der Waals surface area contributed by atoms with Gasteiger partial charge in [0, 0.05) is 21.0 Å². The number of fused-ring (bicyclic) bond motifs is 2. The molecule has 10 heteroatoms. The monoisotopic (exact) mass is 580 g/mol. The van der Waals surface area contributed by atoms with Gasteiger partial charge < -0.3 is 9.15 Å². The number of furan rings is 1. The van der Waals surface area contributed by atoms with Gasteiger partial charge >= 0.3 is 5.97 Å². The van der Waals surface area contributed by atoms with Crippen molar-refractivity contribution in [2.75, 3.05) is 12.4 Å². The summed E-state index contributed by atoms with van der Waals surface area (Å²) in [5, 5.41) is 11.3. The molecule has 0 saturated carbocycles. The van der Waals surface area contributed by atoms with E-state index in [0.717, 1.165) is 28.6 Å². The number of amidine groups is 1. The minimum absolute atomic E-state index is 0.227. The number of carbonyl (C=O) groups is 2. The summed E-state index contributed by atoms with van der Waals surface area (Å²) in [6, 6.07) is 16.4. The number of unbranched alkanes of at least 4 members (excludes halogenated alkanes) is 1. The maximum Gasteiger partial charge on any atom is 0.338 e. The number of rotatable bonds is 7. The van der Waals surface area contributed by atoms with Crippen molar-refractivity contribution >= 4 is 50.4 Å². The number of nitrogens with zero attached hydrogens (tertiary/aromatic N) is 3. The molecule has 1 aromatic heterocycles. The minimum atomic E-state index is -0.649. The molecule has 0 aliphatic carbocycles. The normalized spacial score (nSPS) is 16.4. The molecule has 1 amide bonds. The van der Waals surface area contributed by atoms with Crippen LogP contribution in [0, 0.1) is 0 Å². The summed E-state index contributed by atoms with van der Waals surface area (Å²) in [4.78, 5) is 30.2. The highest BCUT2D eigenvalue weighted by molar-refractivity contribution is 9.10. The highest BCUT2D eigenvalue weighted by atomic mass is 79.9. The lowest BCUT2D eigenvalue weighted by Gasteiger charge is -2.32. The number of halogens is 1. The predicted octanol–water partition coefficient (Wildman–Crippen LogP) is 4.56. The molecule has 0 bridgehead atoms. The molecule has 2 aromatic carbocycles. The molecule has 8 nitrogen and oxygen atoms in total. The molecule has 1 atom stereocenters. The number of benzene rings is 2. The van der Waals surface area contributed by atoms with Crippen LogP contribution in [0.1, 0.15) is 49.0 Å². The molecule has 0 fully saturated rings. The van der Waals surface area contributed by atoms with E-state index >= 15 is 0 Å². The molecule has 2 aliphatic rings. The van der Waals surface area contributed by atoms with E-state index in [2.05, 4.69) is 28.2 Å². The Balaban J connectivity index is 1.52. The fourth-order valence-electron chi connectivity index (χ4n) is 4.05. The van der Waals surface area contributed by atoms with Gasteiger partial charge in [0.1, 0.15) is 11.5 Å². The second kappa shape index (κ2) is 10.9. The van der Waals surface area contributed by atoms with Crippen LogP contribution in [0.25, 0.3) is 17.0 Å². The van der Waals surface area contributed by atoms with Crippen molar-refractivity contribution < 1.29 is 18.7 Å². The zero-order valence-electron chi connectivity index (χ0n) is 20.4. The van der Waals surface area contributed by atoms with Crippen LogP contribution >= 0.6 is 27.7 Å². The topological polar surface area (TPSA) is 96.5 Å². The fraction of sp³-hybridized carbons (Fsp3) is 0.259. The lowest BCUT2D eigenvalue weighted by molar-refractivity contribution is -0.116. The summed E-state index contributed by atoms with van der Waals surface area (Å²) in [6.07, 6.45) is 1.44. The van der Waals surface area contributed by atoms with Gasteiger partial charge in [-0.05, 0) is 55.8 Å². The molecule has 0 saturated heterocycles. The van der Waals surface area contributed by atoms with Crippen molar-refractivity contribution in [1.82, 2.24) is 10.3 Å². The average Bonchev–Trinajstić information content (AvgIpc) is 3.38. The van der Waals surface area contributed by atoms with Gasteiger partial charge in [-0.15, -0.1) is 5.10 Å². The van der Waals surface area contributed by atoms with E-state index in [-0.39, 0.29) is 11.9 Å². The molecule has 3 aromatic rings. The Morgan fingerprint density at radius 2 is 1.97 bits per heavy atom. The fourth-order valence-corrected chi connectivity index (χ4v) is 5.34. The number of hydrogen-bond donors (Lipinski definition) is 1. The Labute approximate surface area is 226 Å². The highest BCUT2D eigenvalue weighted by Crippen LogP contribution is 2.34. The molecular formula is C27H25BrN4O4S. The first-order valence-corrected chi connectivity index (χ1v) is 13.8. The third kappa shape index (κ3) is 5.21. The number of carbonyl (C=O) groups excluding carboxylic acids is 2. The molecule has 190 valence electrons. The SMILES string of the molecule is CCCCSC1=NN2C(=c3cc(Br)ccc3=NC2c2ccc(-c3ccc(C(=O)OCC)cc3)o2)C(=O)N1. The van der Waals surface area contributed by atoms with E-state index in [9.17, 15) is 9.59 Å². The number of hydrazone groups is 1. The van der Waals surface area contributed by atoms with Crippen molar-refractivity contribution in [3.63, 3.8) is 0 Å². The quantitative estimate of drug-likeness (QED) is 0.325. The maximum atomic E-state index is 13.3. The van der Waals surface area contributed by atoms with Crippen LogP contribution in [0.4, 0.5) is 0 Å². The van der Waals surface area contributed by atoms with Gasteiger partial charge in [-0.1, -0.05) is 53.2 Å². The standard InChI is InChI=1S/C27H25BrN4O4S/c1-3-5-14-37-27-30-25(33)23-19-15-18(28)10-11-20(19)29-24(32(23)31-27)22-13-12-21(36-22)16-6-8-17(9-7-16)26(34)35-4-2/h6-13,15,24H,3-5,14H2,1-2H3,(H,30,31,33). The van der Waals surface area contributed by atoms with Crippen molar-refractivity contribution in [2.45, 2.75) is 32.9 Å². The molecule has 0 radical (unpaired) electrons. The van der Waals surface area contributed by atoms with Crippen LogP contribution < -0.4 is 15.9 Å². The number of nitrogens with one attached hydrogen (secondary N) is 1.